The first-order valence-corrected chi connectivity index (χ1v) is 8.15. The normalized spacial score (nSPS) is 11.2. The summed E-state index contributed by atoms with van der Waals surface area (Å²) in [5.41, 5.74) is 1.02. The van der Waals surface area contributed by atoms with E-state index in [1.54, 1.807) is 24.3 Å². The third kappa shape index (κ3) is 7.46. The lowest BCUT2D eigenvalue weighted by Gasteiger charge is -2.05. The molecule has 2 N–H and O–H groups in total. The van der Waals surface area contributed by atoms with Crippen LogP contribution in [-0.2, 0) is 21.1 Å². The Balaban J connectivity index is 2.18. The largest absolute Gasteiger partial charge is 0.508 e. The van der Waals surface area contributed by atoms with Gasteiger partial charge in [-0.2, -0.15) is 0 Å². The molecule has 1 amide bonds. The van der Waals surface area contributed by atoms with Gasteiger partial charge in [-0.3, -0.25) is 4.79 Å². The van der Waals surface area contributed by atoms with Crippen molar-refractivity contribution in [2.75, 3.05) is 18.6 Å². The fourth-order valence-corrected chi connectivity index (χ4v) is 2.26. The van der Waals surface area contributed by atoms with Gasteiger partial charge in [0.25, 0.3) is 0 Å². The minimum Gasteiger partial charge on any atom is -0.508 e. The Morgan fingerprint density at radius 3 is 2.47 bits per heavy atom. The van der Waals surface area contributed by atoms with Gasteiger partial charge in [0.2, 0.25) is 5.91 Å². The van der Waals surface area contributed by atoms with E-state index < -0.39 is 9.84 Å². The molecule has 0 aromatic heterocycles. The van der Waals surface area contributed by atoms with Crippen LogP contribution in [0.5, 0.6) is 5.75 Å². The van der Waals surface area contributed by atoms with Crippen LogP contribution in [0.25, 0.3) is 0 Å². The second-order valence-corrected chi connectivity index (χ2v) is 6.76. The Kier molecular flexibility index (Phi) is 5.82. The van der Waals surface area contributed by atoms with Crippen molar-refractivity contribution in [2.24, 2.45) is 0 Å². The van der Waals surface area contributed by atoms with Crippen molar-refractivity contribution < 1.29 is 18.3 Å². The zero-order valence-corrected chi connectivity index (χ0v) is 11.7. The highest BCUT2D eigenvalue weighted by Crippen LogP contribution is 2.09. The zero-order valence-electron chi connectivity index (χ0n) is 10.9. The number of benzene rings is 1. The van der Waals surface area contributed by atoms with Crippen molar-refractivity contribution >= 4 is 15.7 Å². The summed E-state index contributed by atoms with van der Waals surface area (Å²) in [6.45, 7) is 0.502. The number of carbonyl (C=O) groups excluding carboxylic acids is 1. The summed E-state index contributed by atoms with van der Waals surface area (Å²) in [6.07, 6.45) is 2.42. The standard InChI is InChI=1S/C13H19NO4S/c1-19(17,18)10-2-3-13(16)14-9-8-11-4-6-12(15)7-5-11/h4-7,15H,2-3,8-10H2,1H3,(H,14,16). The Hall–Kier alpha value is -1.56. The van der Waals surface area contributed by atoms with Crippen molar-refractivity contribution in [2.45, 2.75) is 19.3 Å². The predicted octanol–water partition coefficient (Wildman–Crippen LogP) is 0.876. The molecule has 0 atom stereocenters. The van der Waals surface area contributed by atoms with Gasteiger partial charge in [0, 0.05) is 19.2 Å². The zero-order chi connectivity index (χ0) is 14.3. The Morgan fingerprint density at radius 2 is 1.89 bits per heavy atom. The van der Waals surface area contributed by atoms with Crippen molar-refractivity contribution in [3.8, 4) is 5.75 Å². The summed E-state index contributed by atoms with van der Waals surface area (Å²) >= 11 is 0. The Morgan fingerprint density at radius 1 is 1.26 bits per heavy atom. The van der Waals surface area contributed by atoms with Gasteiger partial charge in [-0.1, -0.05) is 12.1 Å². The number of sulfone groups is 1. The van der Waals surface area contributed by atoms with E-state index in [0.29, 0.717) is 19.4 Å². The summed E-state index contributed by atoms with van der Waals surface area (Å²) in [7, 11) is -2.99. The highest BCUT2D eigenvalue weighted by molar-refractivity contribution is 7.90. The average molecular weight is 285 g/mol. The number of hydrogen-bond donors (Lipinski definition) is 2. The molecular weight excluding hydrogens is 266 g/mol. The first-order valence-electron chi connectivity index (χ1n) is 6.09. The van der Waals surface area contributed by atoms with E-state index in [2.05, 4.69) is 5.32 Å². The summed E-state index contributed by atoms with van der Waals surface area (Å²) in [5.74, 6) is 0.120. The highest BCUT2D eigenvalue weighted by Gasteiger charge is 2.05. The van der Waals surface area contributed by atoms with Gasteiger partial charge in [-0.05, 0) is 30.5 Å². The summed E-state index contributed by atoms with van der Waals surface area (Å²) < 4.78 is 21.8. The minimum atomic E-state index is -2.99. The van der Waals surface area contributed by atoms with Gasteiger partial charge in [0.05, 0.1) is 5.75 Å². The fraction of sp³-hybridized carbons (Fsp3) is 0.462. The maximum absolute atomic E-state index is 11.4. The molecule has 0 bridgehead atoms. The molecule has 5 nitrogen and oxygen atoms in total. The van der Waals surface area contributed by atoms with E-state index in [1.165, 1.54) is 0 Å². The van der Waals surface area contributed by atoms with E-state index in [-0.39, 0.29) is 23.8 Å². The van der Waals surface area contributed by atoms with E-state index in [9.17, 15) is 13.2 Å². The first-order chi connectivity index (χ1) is 8.87. The van der Waals surface area contributed by atoms with E-state index in [4.69, 9.17) is 5.11 Å². The van der Waals surface area contributed by atoms with Crippen LogP contribution in [0.2, 0.25) is 0 Å². The lowest BCUT2D eigenvalue weighted by molar-refractivity contribution is -0.121. The fourth-order valence-electron chi connectivity index (χ4n) is 1.59. The first kappa shape index (κ1) is 15.5. The monoisotopic (exact) mass is 285 g/mol. The molecule has 106 valence electrons. The molecular formula is C13H19NO4S. The summed E-state index contributed by atoms with van der Waals surface area (Å²) in [5, 5.41) is 11.9. The molecule has 0 aliphatic carbocycles. The summed E-state index contributed by atoms with van der Waals surface area (Å²) in [6, 6.07) is 6.79. The second kappa shape index (κ2) is 7.13. The van der Waals surface area contributed by atoms with Crippen LogP contribution in [0.1, 0.15) is 18.4 Å². The van der Waals surface area contributed by atoms with Crippen molar-refractivity contribution in [3.05, 3.63) is 29.8 Å². The van der Waals surface area contributed by atoms with Gasteiger partial charge in [-0.25, -0.2) is 8.42 Å². The molecule has 1 rings (SSSR count). The molecule has 6 heteroatoms. The molecule has 0 aliphatic heterocycles. The van der Waals surface area contributed by atoms with Crippen molar-refractivity contribution in [1.29, 1.82) is 0 Å². The molecule has 19 heavy (non-hydrogen) atoms. The molecule has 0 spiro atoms. The van der Waals surface area contributed by atoms with Crippen molar-refractivity contribution in [1.82, 2.24) is 5.32 Å². The third-order valence-electron chi connectivity index (χ3n) is 2.59. The lowest BCUT2D eigenvalue weighted by atomic mass is 10.1. The van der Waals surface area contributed by atoms with E-state index >= 15 is 0 Å². The van der Waals surface area contributed by atoms with Crippen LogP contribution in [-0.4, -0.2) is 38.0 Å². The molecule has 0 fully saturated rings. The van der Waals surface area contributed by atoms with Gasteiger partial charge in [-0.15, -0.1) is 0 Å². The molecule has 1 aromatic rings. The van der Waals surface area contributed by atoms with Crippen molar-refractivity contribution in [3.63, 3.8) is 0 Å². The topological polar surface area (TPSA) is 83.5 Å². The molecule has 0 heterocycles. The number of carbonyl (C=O) groups is 1. The number of hydrogen-bond acceptors (Lipinski definition) is 4. The number of phenolic OH excluding ortho intramolecular Hbond substituents is 1. The number of phenols is 1. The molecule has 0 saturated heterocycles. The van der Waals surface area contributed by atoms with Gasteiger partial charge >= 0.3 is 0 Å². The number of aromatic hydroxyl groups is 1. The van der Waals surface area contributed by atoms with Crippen LogP contribution >= 0.6 is 0 Å². The molecule has 0 saturated carbocycles. The molecule has 1 aromatic carbocycles. The maximum Gasteiger partial charge on any atom is 0.220 e. The van der Waals surface area contributed by atoms with Crippen LogP contribution in [0, 0.1) is 0 Å². The highest BCUT2D eigenvalue weighted by atomic mass is 32.2. The Bertz CT molecular complexity index is 508. The lowest BCUT2D eigenvalue weighted by Crippen LogP contribution is -2.25. The number of nitrogens with one attached hydrogen (secondary N) is 1. The third-order valence-corrected chi connectivity index (χ3v) is 3.62. The van der Waals surface area contributed by atoms with Crippen LogP contribution in [0.15, 0.2) is 24.3 Å². The van der Waals surface area contributed by atoms with E-state index in [0.717, 1.165) is 11.8 Å². The quantitative estimate of drug-likeness (QED) is 0.779. The molecule has 0 aliphatic rings. The van der Waals surface area contributed by atoms with E-state index in [1.807, 2.05) is 0 Å². The smallest absolute Gasteiger partial charge is 0.220 e. The maximum atomic E-state index is 11.4. The van der Waals surface area contributed by atoms with Crippen LogP contribution in [0.4, 0.5) is 0 Å². The molecule has 0 unspecified atom stereocenters. The summed E-state index contributed by atoms with van der Waals surface area (Å²) in [4.78, 5) is 11.4. The van der Waals surface area contributed by atoms with Gasteiger partial charge in [0.1, 0.15) is 15.6 Å². The molecule has 0 radical (unpaired) electrons. The van der Waals surface area contributed by atoms with Crippen LogP contribution in [0.3, 0.4) is 0 Å². The minimum absolute atomic E-state index is 0.0401. The Labute approximate surface area is 113 Å². The van der Waals surface area contributed by atoms with Crippen LogP contribution < -0.4 is 5.32 Å². The average Bonchev–Trinajstić information content (AvgIpc) is 2.30. The van der Waals surface area contributed by atoms with Gasteiger partial charge in [0.15, 0.2) is 0 Å². The second-order valence-electron chi connectivity index (χ2n) is 4.50. The SMILES string of the molecule is CS(=O)(=O)CCCC(=O)NCCc1ccc(O)cc1. The number of rotatable bonds is 7. The predicted molar refractivity (Wildman–Crippen MR) is 73.8 cm³/mol. The van der Waals surface area contributed by atoms with Gasteiger partial charge < -0.3 is 10.4 Å². The number of amides is 1.